The quantitative estimate of drug-likeness (QED) is 0.772. The maximum Gasteiger partial charge on any atom is 0.316 e. The van der Waals surface area contributed by atoms with Crippen LogP contribution in [0.2, 0.25) is 0 Å². The maximum atomic E-state index is 12.8. The van der Waals surface area contributed by atoms with Gasteiger partial charge in [0, 0.05) is 0 Å². The molecule has 0 fully saturated rings. The first-order chi connectivity index (χ1) is 7.95. The van der Waals surface area contributed by atoms with Gasteiger partial charge in [0.15, 0.2) is 0 Å². The molecule has 0 heterocycles. The van der Waals surface area contributed by atoms with Gasteiger partial charge in [-0.05, 0) is 31.5 Å². The molecule has 17 heavy (non-hydrogen) atoms. The Balaban J connectivity index is 2.71. The molecule has 0 atom stereocenters. The molecule has 0 bridgehead atoms. The van der Waals surface area contributed by atoms with Gasteiger partial charge in [-0.3, -0.25) is 0 Å². The summed E-state index contributed by atoms with van der Waals surface area (Å²) in [6.45, 7) is 3.83. The molecule has 4 heteroatoms. The molecule has 0 aliphatic carbocycles. The summed E-state index contributed by atoms with van der Waals surface area (Å²) in [7, 11) is 0. The Kier molecular flexibility index (Phi) is 4.11. The fourth-order valence-corrected chi connectivity index (χ4v) is 1.40. The second-order valence-corrected chi connectivity index (χ2v) is 4.14. The Labute approximate surface area is 100 Å². The van der Waals surface area contributed by atoms with Crippen LogP contribution in [0.5, 0.6) is 0 Å². The third-order valence-electron chi connectivity index (χ3n) is 2.34. The molecule has 1 aromatic rings. The van der Waals surface area contributed by atoms with E-state index in [1.807, 2.05) is 13.8 Å². The molecule has 90 valence electrons. The number of benzene rings is 1. The highest BCUT2D eigenvalue weighted by Crippen LogP contribution is 2.19. The molecule has 0 aliphatic rings. The highest BCUT2D eigenvalue weighted by molar-refractivity contribution is 5.75. The molecule has 0 saturated heterocycles. The van der Waals surface area contributed by atoms with Gasteiger partial charge in [0.1, 0.15) is 5.82 Å². The largest absolute Gasteiger partial charge is 0.329 e. The van der Waals surface area contributed by atoms with Gasteiger partial charge in [-0.25, -0.2) is 9.18 Å². The van der Waals surface area contributed by atoms with Crippen molar-refractivity contribution in [1.82, 2.24) is 10.6 Å². The van der Waals surface area contributed by atoms with Gasteiger partial charge in [-0.15, -0.1) is 6.42 Å². The molecule has 2 amide bonds. The Morgan fingerprint density at radius 3 is 2.53 bits per heavy atom. The molecule has 1 aromatic carbocycles. The smallest absolute Gasteiger partial charge is 0.316 e. The van der Waals surface area contributed by atoms with Gasteiger partial charge >= 0.3 is 6.03 Å². The molecule has 0 saturated carbocycles. The van der Waals surface area contributed by atoms with Gasteiger partial charge in [0.05, 0.1) is 12.1 Å². The van der Waals surface area contributed by atoms with Crippen molar-refractivity contribution >= 4 is 6.03 Å². The minimum Gasteiger partial charge on any atom is -0.329 e. The van der Waals surface area contributed by atoms with Crippen LogP contribution in [0.25, 0.3) is 0 Å². The molecule has 2 N–H and O–H groups in total. The summed E-state index contributed by atoms with van der Waals surface area (Å²) in [5.74, 6) is 2.01. The highest BCUT2D eigenvalue weighted by atomic mass is 19.1. The third kappa shape index (κ3) is 3.80. The molecule has 0 unspecified atom stereocenters. The Hall–Kier alpha value is -2.02. The van der Waals surface area contributed by atoms with Crippen molar-refractivity contribution in [3.8, 4) is 12.3 Å². The van der Waals surface area contributed by atoms with E-state index in [0.29, 0.717) is 0 Å². The maximum absolute atomic E-state index is 12.8. The molecule has 0 radical (unpaired) electrons. The molecule has 0 aromatic heterocycles. The van der Waals surface area contributed by atoms with E-state index in [0.717, 1.165) is 5.56 Å². The Bertz CT molecular complexity index is 432. The van der Waals surface area contributed by atoms with Crippen LogP contribution in [-0.4, -0.2) is 12.6 Å². The van der Waals surface area contributed by atoms with Crippen molar-refractivity contribution < 1.29 is 9.18 Å². The van der Waals surface area contributed by atoms with Crippen LogP contribution in [0, 0.1) is 18.2 Å². The molecular formula is C13H15FN2O. The molecule has 0 spiro atoms. The third-order valence-corrected chi connectivity index (χ3v) is 2.34. The highest BCUT2D eigenvalue weighted by Gasteiger charge is 2.22. The van der Waals surface area contributed by atoms with Crippen LogP contribution in [0.1, 0.15) is 19.4 Å². The lowest BCUT2D eigenvalue weighted by molar-refractivity contribution is 0.231. The average Bonchev–Trinajstić information content (AvgIpc) is 2.26. The van der Waals surface area contributed by atoms with Gasteiger partial charge < -0.3 is 10.6 Å². The monoisotopic (exact) mass is 234 g/mol. The number of amides is 2. The van der Waals surface area contributed by atoms with Gasteiger partial charge in [-0.2, -0.15) is 0 Å². The van der Waals surface area contributed by atoms with E-state index in [9.17, 15) is 9.18 Å². The topological polar surface area (TPSA) is 41.1 Å². The van der Waals surface area contributed by atoms with Crippen molar-refractivity contribution in [3.05, 3.63) is 35.6 Å². The first-order valence-electron chi connectivity index (χ1n) is 5.21. The molecule has 3 nitrogen and oxygen atoms in total. The van der Waals surface area contributed by atoms with E-state index < -0.39 is 5.54 Å². The first-order valence-corrected chi connectivity index (χ1v) is 5.21. The minimum absolute atomic E-state index is 0.172. The number of urea groups is 1. The number of carbonyl (C=O) groups is 1. The predicted octanol–water partition coefficient (Wildman–Crippen LogP) is 1.99. The summed E-state index contributed by atoms with van der Waals surface area (Å²) in [6.07, 6.45) is 5.03. The van der Waals surface area contributed by atoms with Crippen LogP contribution in [0.4, 0.5) is 9.18 Å². The summed E-state index contributed by atoms with van der Waals surface area (Å²) >= 11 is 0. The zero-order chi connectivity index (χ0) is 12.9. The van der Waals surface area contributed by atoms with Crippen molar-refractivity contribution in [2.45, 2.75) is 19.4 Å². The van der Waals surface area contributed by atoms with Gasteiger partial charge in [0.25, 0.3) is 0 Å². The summed E-state index contributed by atoms with van der Waals surface area (Å²) < 4.78 is 12.8. The molecule has 1 rings (SSSR count). The van der Waals surface area contributed by atoms with E-state index >= 15 is 0 Å². The van der Waals surface area contributed by atoms with Crippen LogP contribution < -0.4 is 10.6 Å². The summed E-state index contributed by atoms with van der Waals surface area (Å²) in [6, 6.07) is 5.64. The minimum atomic E-state index is -0.591. The van der Waals surface area contributed by atoms with E-state index in [2.05, 4.69) is 16.6 Å². The average molecular weight is 234 g/mol. The number of nitrogens with one attached hydrogen (secondary N) is 2. The van der Waals surface area contributed by atoms with Crippen LogP contribution in [0.3, 0.4) is 0 Å². The van der Waals surface area contributed by atoms with E-state index in [1.165, 1.54) is 12.1 Å². The van der Waals surface area contributed by atoms with E-state index in [4.69, 9.17) is 6.42 Å². The van der Waals surface area contributed by atoms with Crippen molar-refractivity contribution in [2.75, 3.05) is 6.54 Å². The van der Waals surface area contributed by atoms with Crippen LogP contribution >= 0.6 is 0 Å². The van der Waals surface area contributed by atoms with E-state index in [-0.39, 0.29) is 18.4 Å². The normalized spacial score (nSPS) is 10.5. The lowest BCUT2D eigenvalue weighted by Crippen LogP contribution is -2.46. The Morgan fingerprint density at radius 1 is 1.41 bits per heavy atom. The summed E-state index contributed by atoms with van der Waals surface area (Å²) in [5.41, 5.74) is 0.224. The second-order valence-electron chi connectivity index (χ2n) is 4.14. The number of hydrogen-bond donors (Lipinski definition) is 2. The second kappa shape index (κ2) is 5.35. The van der Waals surface area contributed by atoms with Crippen molar-refractivity contribution in [3.63, 3.8) is 0 Å². The van der Waals surface area contributed by atoms with E-state index in [1.54, 1.807) is 12.1 Å². The zero-order valence-electron chi connectivity index (χ0n) is 9.88. The fraction of sp³-hybridized carbons (Fsp3) is 0.308. The van der Waals surface area contributed by atoms with Crippen molar-refractivity contribution in [1.29, 1.82) is 0 Å². The fourth-order valence-electron chi connectivity index (χ4n) is 1.40. The summed E-state index contributed by atoms with van der Waals surface area (Å²) in [5, 5.41) is 5.27. The van der Waals surface area contributed by atoms with Gasteiger partial charge in [0.2, 0.25) is 0 Å². The lowest BCUT2D eigenvalue weighted by atomic mass is 9.94. The van der Waals surface area contributed by atoms with Gasteiger partial charge in [-0.1, -0.05) is 18.1 Å². The standard InChI is InChI=1S/C13H15FN2O/c1-4-9-15-12(17)16-13(2,3)10-5-7-11(14)8-6-10/h1,5-8H,9H2,2-3H3,(H2,15,16,17). The molecular weight excluding hydrogens is 219 g/mol. The number of carbonyl (C=O) groups excluding carboxylic acids is 1. The Morgan fingerprint density at radius 2 is 2.00 bits per heavy atom. The molecule has 0 aliphatic heterocycles. The lowest BCUT2D eigenvalue weighted by Gasteiger charge is -2.26. The first kappa shape index (κ1) is 13.0. The SMILES string of the molecule is C#CCNC(=O)NC(C)(C)c1ccc(F)cc1. The number of halogens is 1. The number of rotatable bonds is 3. The van der Waals surface area contributed by atoms with Crippen LogP contribution in [0.15, 0.2) is 24.3 Å². The van der Waals surface area contributed by atoms with Crippen molar-refractivity contribution in [2.24, 2.45) is 0 Å². The van der Waals surface area contributed by atoms with Crippen LogP contribution in [-0.2, 0) is 5.54 Å². The predicted molar refractivity (Wildman–Crippen MR) is 64.8 cm³/mol. The zero-order valence-corrected chi connectivity index (χ0v) is 9.88. The number of hydrogen-bond acceptors (Lipinski definition) is 1. The summed E-state index contributed by atoms with van der Waals surface area (Å²) in [4.78, 5) is 11.5. The number of terminal acetylenes is 1.